The molecule has 0 radical (unpaired) electrons. The zero-order chi connectivity index (χ0) is 14.8. The molecule has 0 atom stereocenters. The molecule has 1 amide bonds. The predicted octanol–water partition coefficient (Wildman–Crippen LogP) is 3.71. The molecule has 0 unspecified atom stereocenters. The lowest BCUT2D eigenvalue weighted by molar-refractivity contribution is -0.173. The fraction of sp³-hybridized carbons (Fsp3) is 0.462. The van der Waals surface area contributed by atoms with Gasteiger partial charge in [0.2, 0.25) is 0 Å². The van der Waals surface area contributed by atoms with Gasteiger partial charge in [0.25, 0.3) is 0 Å². The molecular formula is C13H15BrF3NO. The van der Waals surface area contributed by atoms with Gasteiger partial charge in [-0.25, -0.2) is 0 Å². The first-order valence-electron chi connectivity index (χ1n) is 5.66. The molecule has 0 aliphatic carbocycles. The van der Waals surface area contributed by atoms with E-state index < -0.39 is 17.5 Å². The van der Waals surface area contributed by atoms with Gasteiger partial charge in [-0.3, -0.25) is 4.79 Å². The Kier molecular flexibility index (Phi) is 4.66. The maximum atomic E-state index is 12.2. The number of aryl methyl sites for hydroxylation is 1. The standard InChI is InChI=1S/C13H15BrF3NO/c1-8-4-5-9(14)6-10(8)12(2,3)7-18-11(19)13(15,16)17/h4-6H,7H2,1-3H3,(H,18,19). The summed E-state index contributed by atoms with van der Waals surface area (Å²) in [5, 5.41) is 1.93. The van der Waals surface area contributed by atoms with Crippen LogP contribution in [0.25, 0.3) is 0 Å². The number of rotatable bonds is 3. The van der Waals surface area contributed by atoms with Crippen molar-refractivity contribution in [2.24, 2.45) is 0 Å². The lowest BCUT2D eigenvalue weighted by Crippen LogP contribution is -2.43. The van der Waals surface area contributed by atoms with Crippen LogP contribution in [0.2, 0.25) is 0 Å². The molecule has 0 spiro atoms. The quantitative estimate of drug-likeness (QED) is 0.894. The van der Waals surface area contributed by atoms with Crippen LogP contribution in [0.4, 0.5) is 13.2 Å². The van der Waals surface area contributed by atoms with Crippen molar-refractivity contribution in [1.82, 2.24) is 5.32 Å². The molecule has 0 aliphatic rings. The molecule has 0 heterocycles. The van der Waals surface area contributed by atoms with Gasteiger partial charge in [-0.15, -0.1) is 0 Å². The van der Waals surface area contributed by atoms with Gasteiger partial charge in [0.15, 0.2) is 0 Å². The van der Waals surface area contributed by atoms with Crippen LogP contribution in [-0.2, 0) is 10.2 Å². The monoisotopic (exact) mass is 337 g/mol. The third-order valence-corrected chi connectivity index (χ3v) is 3.37. The maximum Gasteiger partial charge on any atom is 0.471 e. The highest BCUT2D eigenvalue weighted by atomic mass is 79.9. The second-order valence-corrected chi connectivity index (χ2v) is 5.94. The zero-order valence-electron chi connectivity index (χ0n) is 10.9. The molecule has 106 valence electrons. The van der Waals surface area contributed by atoms with E-state index in [1.807, 2.05) is 30.4 Å². The van der Waals surface area contributed by atoms with Gasteiger partial charge in [-0.05, 0) is 30.2 Å². The number of nitrogens with one attached hydrogen (secondary N) is 1. The second kappa shape index (κ2) is 5.53. The molecule has 1 aromatic rings. The molecule has 1 N–H and O–H groups in total. The minimum absolute atomic E-state index is 0.0807. The topological polar surface area (TPSA) is 29.1 Å². The molecule has 1 rings (SSSR count). The highest BCUT2D eigenvalue weighted by Gasteiger charge is 2.39. The molecule has 0 aliphatic heterocycles. The van der Waals surface area contributed by atoms with Crippen molar-refractivity contribution < 1.29 is 18.0 Å². The van der Waals surface area contributed by atoms with E-state index in [4.69, 9.17) is 0 Å². The van der Waals surface area contributed by atoms with Crippen LogP contribution >= 0.6 is 15.9 Å². The van der Waals surface area contributed by atoms with E-state index in [-0.39, 0.29) is 6.54 Å². The summed E-state index contributed by atoms with van der Waals surface area (Å²) in [6.07, 6.45) is -4.84. The summed E-state index contributed by atoms with van der Waals surface area (Å²) >= 11 is 3.33. The Morgan fingerprint density at radius 1 is 1.32 bits per heavy atom. The third-order valence-electron chi connectivity index (χ3n) is 2.88. The van der Waals surface area contributed by atoms with E-state index in [0.717, 1.165) is 15.6 Å². The first-order chi connectivity index (χ1) is 8.54. The Morgan fingerprint density at radius 3 is 2.42 bits per heavy atom. The molecule has 2 nitrogen and oxygen atoms in total. The first-order valence-corrected chi connectivity index (χ1v) is 6.45. The zero-order valence-corrected chi connectivity index (χ0v) is 12.4. The van der Waals surface area contributed by atoms with E-state index in [2.05, 4.69) is 15.9 Å². The van der Waals surface area contributed by atoms with Crippen molar-refractivity contribution in [3.05, 3.63) is 33.8 Å². The maximum absolute atomic E-state index is 12.2. The van der Waals surface area contributed by atoms with Crippen LogP contribution in [0.1, 0.15) is 25.0 Å². The summed E-state index contributed by atoms with van der Waals surface area (Å²) in [6.45, 7) is 5.38. The van der Waals surface area contributed by atoms with Gasteiger partial charge in [-0.2, -0.15) is 13.2 Å². The Balaban J connectivity index is 2.87. The summed E-state index contributed by atoms with van der Waals surface area (Å²) in [7, 11) is 0. The number of amides is 1. The smallest absolute Gasteiger partial charge is 0.347 e. The van der Waals surface area contributed by atoms with Crippen LogP contribution in [0.5, 0.6) is 0 Å². The van der Waals surface area contributed by atoms with Crippen molar-refractivity contribution >= 4 is 21.8 Å². The van der Waals surface area contributed by atoms with Crippen molar-refractivity contribution in [2.75, 3.05) is 6.54 Å². The van der Waals surface area contributed by atoms with Gasteiger partial charge < -0.3 is 5.32 Å². The Hall–Kier alpha value is -1.04. The Bertz CT molecular complexity index is 483. The van der Waals surface area contributed by atoms with E-state index in [1.54, 1.807) is 13.8 Å². The summed E-state index contributed by atoms with van der Waals surface area (Å²) in [5.74, 6) is -1.91. The second-order valence-electron chi connectivity index (χ2n) is 5.02. The molecule has 1 aromatic carbocycles. The number of carbonyl (C=O) groups excluding carboxylic acids is 1. The number of hydrogen-bond acceptors (Lipinski definition) is 1. The fourth-order valence-electron chi connectivity index (χ4n) is 1.82. The fourth-order valence-corrected chi connectivity index (χ4v) is 2.18. The van der Waals surface area contributed by atoms with Gasteiger partial charge in [0, 0.05) is 16.4 Å². The molecular weight excluding hydrogens is 323 g/mol. The largest absolute Gasteiger partial charge is 0.471 e. The molecule has 19 heavy (non-hydrogen) atoms. The summed E-state index contributed by atoms with van der Waals surface area (Å²) < 4.78 is 37.3. The number of carbonyl (C=O) groups is 1. The molecule has 0 bridgehead atoms. The Morgan fingerprint density at radius 2 is 1.89 bits per heavy atom. The molecule has 0 fully saturated rings. The van der Waals surface area contributed by atoms with Gasteiger partial charge >= 0.3 is 12.1 Å². The molecule has 0 saturated heterocycles. The van der Waals surface area contributed by atoms with E-state index in [1.165, 1.54) is 0 Å². The number of benzene rings is 1. The average molecular weight is 338 g/mol. The minimum Gasteiger partial charge on any atom is -0.347 e. The Labute approximate surface area is 118 Å². The number of alkyl halides is 3. The van der Waals surface area contributed by atoms with Gasteiger partial charge in [-0.1, -0.05) is 35.8 Å². The van der Waals surface area contributed by atoms with Crippen molar-refractivity contribution in [1.29, 1.82) is 0 Å². The third kappa shape index (κ3) is 4.23. The lowest BCUT2D eigenvalue weighted by atomic mass is 9.82. The van der Waals surface area contributed by atoms with Gasteiger partial charge in [0.05, 0.1) is 0 Å². The van der Waals surface area contributed by atoms with Crippen molar-refractivity contribution in [3.8, 4) is 0 Å². The average Bonchev–Trinajstić information content (AvgIpc) is 2.28. The molecule has 0 aromatic heterocycles. The van der Waals surface area contributed by atoms with Crippen LogP contribution in [0.15, 0.2) is 22.7 Å². The van der Waals surface area contributed by atoms with Gasteiger partial charge in [0.1, 0.15) is 0 Å². The van der Waals surface area contributed by atoms with E-state index >= 15 is 0 Å². The van der Waals surface area contributed by atoms with E-state index in [9.17, 15) is 18.0 Å². The number of halogens is 4. The lowest BCUT2D eigenvalue weighted by Gasteiger charge is -2.28. The highest BCUT2D eigenvalue weighted by Crippen LogP contribution is 2.28. The van der Waals surface area contributed by atoms with Crippen molar-refractivity contribution in [3.63, 3.8) is 0 Å². The van der Waals surface area contributed by atoms with Crippen LogP contribution in [0, 0.1) is 6.92 Å². The minimum atomic E-state index is -4.84. The molecule has 6 heteroatoms. The normalized spacial score (nSPS) is 12.4. The van der Waals surface area contributed by atoms with Crippen LogP contribution in [-0.4, -0.2) is 18.6 Å². The molecule has 0 saturated carbocycles. The van der Waals surface area contributed by atoms with E-state index in [0.29, 0.717) is 0 Å². The predicted molar refractivity (Wildman–Crippen MR) is 71.0 cm³/mol. The van der Waals surface area contributed by atoms with Crippen molar-refractivity contribution in [2.45, 2.75) is 32.4 Å². The highest BCUT2D eigenvalue weighted by molar-refractivity contribution is 9.10. The van der Waals surface area contributed by atoms with Crippen LogP contribution < -0.4 is 5.32 Å². The SMILES string of the molecule is Cc1ccc(Br)cc1C(C)(C)CNC(=O)C(F)(F)F. The first kappa shape index (κ1) is 16.0. The van der Waals surface area contributed by atoms with Crippen LogP contribution in [0.3, 0.4) is 0 Å². The summed E-state index contributed by atoms with van der Waals surface area (Å²) in [4.78, 5) is 10.8. The summed E-state index contributed by atoms with van der Waals surface area (Å²) in [6, 6.07) is 5.60. The summed E-state index contributed by atoms with van der Waals surface area (Å²) in [5.41, 5.74) is 1.27. The number of hydrogen-bond donors (Lipinski definition) is 1.